The first-order valence-electron chi connectivity index (χ1n) is 6.64. The molecule has 5 heteroatoms. The Hall–Kier alpha value is 0.291. The molecule has 0 saturated heterocycles. The summed E-state index contributed by atoms with van der Waals surface area (Å²) >= 11 is 0. The molecular formula is C14H27NdO4. The number of carbonyl (C=O) groups excluding carboxylic acids is 2. The predicted octanol–water partition coefficient (Wildman–Crippen LogP) is 1.47. The molecule has 0 aromatic rings. The van der Waals surface area contributed by atoms with Crippen LogP contribution in [0.15, 0.2) is 0 Å². The fourth-order valence-electron chi connectivity index (χ4n) is 1.04. The minimum Gasteiger partial charge on any atom is -0.550 e. The molecule has 0 aromatic heterocycles. The topological polar surface area (TPSA) is 80.3 Å². The van der Waals surface area contributed by atoms with Gasteiger partial charge in [-0.25, -0.2) is 0 Å². The van der Waals surface area contributed by atoms with Crippen LogP contribution >= 0.6 is 0 Å². The van der Waals surface area contributed by atoms with Crippen LogP contribution in [0.3, 0.4) is 0 Å². The van der Waals surface area contributed by atoms with E-state index in [0.29, 0.717) is 0 Å². The average Bonchev–Trinajstić information content (AvgIpc) is 2.32. The molecular weight excluding hydrogens is 376 g/mol. The molecule has 0 fully saturated rings. The third kappa shape index (κ3) is 45.8. The molecule has 0 rings (SSSR count). The summed E-state index contributed by atoms with van der Waals surface area (Å²) in [5.41, 5.74) is 0. The molecule has 0 aliphatic heterocycles. The van der Waals surface area contributed by atoms with Crippen molar-refractivity contribution < 1.29 is 60.6 Å². The maximum atomic E-state index is 9.76. The third-order valence-electron chi connectivity index (χ3n) is 1.97. The summed E-state index contributed by atoms with van der Waals surface area (Å²) in [5, 5.41) is 19.5. The molecule has 0 aromatic carbocycles. The van der Waals surface area contributed by atoms with Crippen molar-refractivity contribution in [2.75, 3.05) is 0 Å². The molecule has 0 bridgehead atoms. The van der Waals surface area contributed by atoms with Crippen LogP contribution in [0, 0.1) is 47.8 Å². The van der Waals surface area contributed by atoms with Crippen LogP contribution in [0.25, 0.3) is 0 Å². The van der Waals surface area contributed by atoms with Gasteiger partial charge >= 0.3 is 40.8 Å². The molecule has 0 saturated carbocycles. The van der Waals surface area contributed by atoms with E-state index in [2.05, 4.69) is 6.92 Å². The molecule has 0 N–H and O–H groups in total. The molecule has 4 nitrogen and oxygen atoms in total. The summed E-state index contributed by atoms with van der Waals surface area (Å²) in [6.45, 7) is 9.07. The largest absolute Gasteiger partial charge is 3.00 e. The molecule has 1 radical (unpaired) electrons. The van der Waals surface area contributed by atoms with Crippen molar-refractivity contribution in [3.63, 3.8) is 0 Å². The van der Waals surface area contributed by atoms with Gasteiger partial charge in [-0.3, -0.25) is 0 Å². The summed E-state index contributed by atoms with van der Waals surface area (Å²) in [6, 6.07) is 0. The minimum atomic E-state index is -0.932. The molecule has 19 heavy (non-hydrogen) atoms. The maximum Gasteiger partial charge on any atom is 3.00 e. The number of hydrogen-bond acceptors (Lipinski definition) is 4. The Labute approximate surface area is 150 Å². The van der Waals surface area contributed by atoms with Gasteiger partial charge in [0.15, 0.2) is 0 Å². The van der Waals surface area contributed by atoms with E-state index in [0.717, 1.165) is 38.5 Å². The fraction of sp³-hybridized carbons (Fsp3) is 0.786. The standard InChI is InChI=1S/2C6H12O2.C2H5.Nd/c2*1-2-3-4-5-6(7)8;1-2;/h2*2-5H2,1H3,(H,7,8);1H2,2H3;/q;;-1;+3/p-2. The summed E-state index contributed by atoms with van der Waals surface area (Å²) in [7, 11) is 0. The summed E-state index contributed by atoms with van der Waals surface area (Å²) in [6.07, 6.45) is 6.07. The normalized spacial score (nSPS) is 8.00. The molecule has 0 spiro atoms. The Balaban J connectivity index is -0.0000000999. The van der Waals surface area contributed by atoms with Gasteiger partial charge in [0.25, 0.3) is 0 Å². The van der Waals surface area contributed by atoms with Gasteiger partial charge < -0.3 is 26.7 Å². The van der Waals surface area contributed by atoms with Crippen LogP contribution in [-0.2, 0) is 9.59 Å². The van der Waals surface area contributed by atoms with Crippen molar-refractivity contribution in [2.45, 2.75) is 72.1 Å². The predicted molar refractivity (Wildman–Crippen MR) is 69.3 cm³/mol. The van der Waals surface area contributed by atoms with Gasteiger partial charge in [-0.1, -0.05) is 39.5 Å². The second-order valence-corrected chi connectivity index (χ2v) is 3.66. The average molecular weight is 404 g/mol. The number of carboxylic acids is 2. The molecule has 0 atom stereocenters. The van der Waals surface area contributed by atoms with E-state index in [9.17, 15) is 19.8 Å². The van der Waals surface area contributed by atoms with Crippen molar-refractivity contribution >= 4 is 11.9 Å². The summed E-state index contributed by atoms with van der Waals surface area (Å²) < 4.78 is 0. The first kappa shape index (κ1) is 27.6. The minimum absolute atomic E-state index is 0. The fourth-order valence-corrected chi connectivity index (χ4v) is 1.04. The van der Waals surface area contributed by atoms with E-state index in [4.69, 9.17) is 0 Å². The van der Waals surface area contributed by atoms with Crippen molar-refractivity contribution in [3.8, 4) is 0 Å². The number of carbonyl (C=O) groups is 2. The van der Waals surface area contributed by atoms with Crippen molar-refractivity contribution in [3.05, 3.63) is 6.92 Å². The van der Waals surface area contributed by atoms with E-state index in [1.54, 1.807) is 6.92 Å². The van der Waals surface area contributed by atoms with E-state index in [1.165, 1.54) is 0 Å². The molecule has 0 unspecified atom stereocenters. The van der Waals surface area contributed by atoms with Crippen LogP contribution in [-0.4, -0.2) is 11.9 Å². The molecule has 0 aliphatic rings. The van der Waals surface area contributed by atoms with Gasteiger partial charge in [0.2, 0.25) is 0 Å². The second kappa shape index (κ2) is 26.8. The summed E-state index contributed by atoms with van der Waals surface area (Å²) in [5.74, 6) is -1.86. The SMILES string of the molecule is CCCCCC(=O)[O-].CCCCCC(=O)[O-].[CH2-]C.[Nd+3]. The van der Waals surface area contributed by atoms with E-state index in [1.807, 2.05) is 13.8 Å². The van der Waals surface area contributed by atoms with E-state index >= 15 is 0 Å². The van der Waals surface area contributed by atoms with Crippen LogP contribution < -0.4 is 10.2 Å². The smallest absolute Gasteiger partial charge is 0.550 e. The van der Waals surface area contributed by atoms with Crippen LogP contribution in [0.1, 0.15) is 72.1 Å². The Morgan fingerprint density at radius 3 is 1.21 bits per heavy atom. The second-order valence-electron chi connectivity index (χ2n) is 3.66. The Morgan fingerprint density at radius 1 is 0.789 bits per heavy atom. The summed E-state index contributed by atoms with van der Waals surface area (Å²) in [4.78, 5) is 19.5. The molecule has 0 heterocycles. The zero-order valence-corrected chi connectivity index (χ0v) is 15.7. The van der Waals surface area contributed by atoms with E-state index in [-0.39, 0.29) is 53.7 Å². The van der Waals surface area contributed by atoms with Gasteiger partial charge in [-0.05, 0) is 25.7 Å². The zero-order valence-electron chi connectivity index (χ0n) is 12.5. The van der Waals surface area contributed by atoms with Gasteiger partial charge in [0.1, 0.15) is 0 Å². The number of unbranched alkanes of at least 4 members (excludes halogenated alkanes) is 4. The Kier molecular flexibility index (Phi) is 38.9. The first-order chi connectivity index (χ1) is 8.54. The van der Waals surface area contributed by atoms with Crippen molar-refractivity contribution in [1.29, 1.82) is 0 Å². The van der Waals surface area contributed by atoms with Crippen molar-refractivity contribution in [1.82, 2.24) is 0 Å². The van der Waals surface area contributed by atoms with Gasteiger partial charge in [-0.15, -0.1) is 0 Å². The van der Waals surface area contributed by atoms with Crippen LogP contribution in [0.2, 0.25) is 0 Å². The Bertz CT molecular complexity index is 164. The molecule has 0 aliphatic carbocycles. The van der Waals surface area contributed by atoms with Gasteiger partial charge in [-0.2, -0.15) is 6.92 Å². The number of hydrogen-bond donors (Lipinski definition) is 0. The van der Waals surface area contributed by atoms with Crippen LogP contribution in [0.4, 0.5) is 0 Å². The van der Waals surface area contributed by atoms with E-state index < -0.39 is 11.9 Å². The third-order valence-corrected chi connectivity index (χ3v) is 1.97. The number of aliphatic carboxylic acids is 2. The zero-order chi connectivity index (χ0) is 14.8. The van der Waals surface area contributed by atoms with Gasteiger partial charge in [0.05, 0.1) is 0 Å². The maximum absolute atomic E-state index is 9.76. The van der Waals surface area contributed by atoms with Crippen molar-refractivity contribution in [2.24, 2.45) is 0 Å². The van der Waals surface area contributed by atoms with Gasteiger partial charge in [0, 0.05) is 11.9 Å². The molecule has 0 amide bonds. The number of rotatable bonds is 8. The first-order valence-corrected chi connectivity index (χ1v) is 6.64. The quantitative estimate of drug-likeness (QED) is 0.454. The molecule has 111 valence electrons. The Morgan fingerprint density at radius 2 is 1.05 bits per heavy atom. The van der Waals surface area contributed by atoms with Crippen LogP contribution in [0.5, 0.6) is 0 Å². The monoisotopic (exact) mass is 401 g/mol. The number of carboxylic acid groups (broad SMARTS) is 2.